The molecule has 0 saturated heterocycles. The minimum absolute atomic E-state index is 0.0430. The smallest absolute Gasteiger partial charge is 0.267 e. The van der Waals surface area contributed by atoms with Gasteiger partial charge in [0, 0.05) is 18.2 Å². The van der Waals surface area contributed by atoms with Crippen LogP contribution in [-0.4, -0.2) is 36.4 Å². The molecule has 0 bridgehead atoms. The Morgan fingerprint density at radius 3 is 2.62 bits per heavy atom. The second kappa shape index (κ2) is 6.12. The van der Waals surface area contributed by atoms with Crippen LogP contribution in [-0.2, 0) is 11.3 Å². The molecule has 26 heavy (non-hydrogen) atoms. The fourth-order valence-corrected chi connectivity index (χ4v) is 3.40. The highest BCUT2D eigenvalue weighted by atomic mass is 16.7. The largest absolute Gasteiger partial charge is 0.485 e. The lowest BCUT2D eigenvalue weighted by atomic mass is 10.1. The highest BCUT2D eigenvalue weighted by molar-refractivity contribution is 5.82. The molecule has 3 aliphatic rings. The quantitative estimate of drug-likeness (QED) is 0.846. The van der Waals surface area contributed by atoms with Gasteiger partial charge < -0.3 is 23.8 Å². The zero-order valence-corrected chi connectivity index (χ0v) is 14.2. The van der Waals surface area contributed by atoms with E-state index in [1.165, 1.54) is 0 Å². The molecule has 5 rings (SSSR count). The van der Waals surface area contributed by atoms with E-state index >= 15 is 0 Å². The molecule has 1 fully saturated rings. The fraction of sp³-hybridized carbons (Fsp3) is 0.350. The van der Waals surface area contributed by atoms with E-state index in [-0.39, 0.29) is 25.3 Å². The van der Waals surface area contributed by atoms with Crippen molar-refractivity contribution in [3.63, 3.8) is 0 Å². The Morgan fingerprint density at radius 1 is 0.962 bits per heavy atom. The Morgan fingerprint density at radius 2 is 1.77 bits per heavy atom. The van der Waals surface area contributed by atoms with Crippen molar-refractivity contribution in [3.05, 3.63) is 48.0 Å². The van der Waals surface area contributed by atoms with Crippen molar-refractivity contribution in [1.82, 2.24) is 4.90 Å². The Bertz CT molecular complexity index is 848. The fourth-order valence-electron chi connectivity index (χ4n) is 3.40. The third-order valence-electron chi connectivity index (χ3n) is 4.87. The Balaban J connectivity index is 1.37. The van der Waals surface area contributed by atoms with Gasteiger partial charge in [-0.25, -0.2) is 0 Å². The van der Waals surface area contributed by atoms with E-state index < -0.39 is 6.10 Å². The van der Waals surface area contributed by atoms with Crippen LogP contribution in [0.4, 0.5) is 0 Å². The number of nitrogens with zero attached hydrogens (tertiary/aromatic N) is 1. The first-order chi connectivity index (χ1) is 12.8. The lowest BCUT2D eigenvalue weighted by Crippen LogP contribution is -2.47. The third kappa shape index (κ3) is 2.71. The van der Waals surface area contributed by atoms with Gasteiger partial charge in [-0.2, -0.15) is 0 Å². The number of carbonyl (C=O) groups is 1. The van der Waals surface area contributed by atoms with E-state index in [9.17, 15) is 4.79 Å². The van der Waals surface area contributed by atoms with Gasteiger partial charge in [0.05, 0.1) is 0 Å². The van der Waals surface area contributed by atoms with E-state index in [1.807, 2.05) is 47.4 Å². The molecule has 0 spiro atoms. The zero-order chi connectivity index (χ0) is 17.5. The van der Waals surface area contributed by atoms with Gasteiger partial charge in [0.2, 0.25) is 12.9 Å². The number of hydrogen-bond acceptors (Lipinski definition) is 5. The maximum Gasteiger partial charge on any atom is 0.267 e. The van der Waals surface area contributed by atoms with Gasteiger partial charge in [-0.05, 0) is 31.0 Å². The number of benzene rings is 2. The molecule has 1 aliphatic carbocycles. The van der Waals surface area contributed by atoms with Crippen molar-refractivity contribution in [2.24, 2.45) is 0 Å². The van der Waals surface area contributed by atoms with E-state index in [0.717, 1.165) is 29.9 Å². The van der Waals surface area contributed by atoms with Crippen LogP contribution >= 0.6 is 0 Å². The lowest BCUT2D eigenvalue weighted by molar-refractivity contribution is -0.142. The second-order valence-electron chi connectivity index (χ2n) is 6.71. The summed E-state index contributed by atoms with van der Waals surface area (Å²) in [5.74, 6) is 2.72. The molecule has 0 N–H and O–H groups in total. The minimum atomic E-state index is -0.626. The highest BCUT2D eigenvalue weighted by Crippen LogP contribution is 2.38. The maximum absolute atomic E-state index is 13.1. The summed E-state index contributed by atoms with van der Waals surface area (Å²) in [6.07, 6.45) is 1.41. The molecular weight excluding hydrogens is 334 g/mol. The molecular formula is C20H19NO5. The van der Waals surface area contributed by atoms with Crippen LogP contribution < -0.4 is 18.9 Å². The number of rotatable bonds is 4. The predicted molar refractivity (Wildman–Crippen MR) is 92.5 cm³/mol. The average molecular weight is 353 g/mol. The first-order valence-corrected chi connectivity index (χ1v) is 8.86. The zero-order valence-electron chi connectivity index (χ0n) is 14.2. The monoisotopic (exact) mass is 353 g/mol. The number of para-hydroxylation sites is 3. The molecule has 2 aromatic carbocycles. The van der Waals surface area contributed by atoms with Crippen molar-refractivity contribution in [2.45, 2.75) is 31.5 Å². The van der Waals surface area contributed by atoms with Crippen molar-refractivity contribution >= 4 is 5.91 Å². The van der Waals surface area contributed by atoms with Gasteiger partial charge in [0.25, 0.3) is 5.91 Å². The van der Waals surface area contributed by atoms with Crippen LogP contribution in [0.15, 0.2) is 42.5 Å². The normalized spacial score (nSPS) is 19.9. The van der Waals surface area contributed by atoms with E-state index in [1.54, 1.807) is 0 Å². The molecule has 6 heteroatoms. The molecule has 2 aliphatic heterocycles. The van der Waals surface area contributed by atoms with Crippen molar-refractivity contribution in [2.75, 3.05) is 13.4 Å². The summed E-state index contributed by atoms with van der Waals surface area (Å²) in [7, 11) is 0. The summed E-state index contributed by atoms with van der Waals surface area (Å²) in [6.45, 7) is 0.934. The van der Waals surface area contributed by atoms with Gasteiger partial charge in [-0.3, -0.25) is 4.79 Å². The van der Waals surface area contributed by atoms with Crippen LogP contribution in [0.2, 0.25) is 0 Å². The molecule has 1 saturated carbocycles. The van der Waals surface area contributed by atoms with E-state index in [4.69, 9.17) is 18.9 Å². The van der Waals surface area contributed by atoms with Crippen LogP contribution in [0.25, 0.3) is 0 Å². The third-order valence-corrected chi connectivity index (χ3v) is 4.87. The number of hydrogen-bond donors (Lipinski definition) is 0. The van der Waals surface area contributed by atoms with Gasteiger partial charge in [0.1, 0.15) is 6.61 Å². The van der Waals surface area contributed by atoms with Crippen molar-refractivity contribution in [1.29, 1.82) is 0 Å². The van der Waals surface area contributed by atoms with E-state index in [2.05, 4.69) is 0 Å². The lowest BCUT2D eigenvalue weighted by Gasteiger charge is -2.31. The van der Waals surface area contributed by atoms with Crippen LogP contribution in [0.1, 0.15) is 18.4 Å². The first-order valence-electron chi connectivity index (χ1n) is 8.86. The van der Waals surface area contributed by atoms with Crippen molar-refractivity contribution < 1.29 is 23.7 Å². The molecule has 2 aromatic rings. The standard InChI is InChI=1S/C20H19NO5/c22-20(18-11-23-15-5-1-2-6-16(15)26-18)21(14-8-9-14)10-13-4-3-7-17-19(13)25-12-24-17/h1-7,14,18H,8-12H2/t18-/m0/s1. The summed E-state index contributed by atoms with van der Waals surface area (Å²) in [5, 5.41) is 0. The number of carbonyl (C=O) groups excluding carboxylic acids is 1. The summed E-state index contributed by atoms with van der Waals surface area (Å²) >= 11 is 0. The number of fused-ring (bicyclic) bond motifs is 2. The second-order valence-corrected chi connectivity index (χ2v) is 6.71. The van der Waals surface area contributed by atoms with Gasteiger partial charge in [-0.1, -0.05) is 24.3 Å². The van der Waals surface area contributed by atoms with Gasteiger partial charge >= 0.3 is 0 Å². The van der Waals surface area contributed by atoms with Gasteiger partial charge in [0.15, 0.2) is 23.0 Å². The topological polar surface area (TPSA) is 57.2 Å². The molecule has 1 amide bonds. The Hall–Kier alpha value is -2.89. The molecule has 134 valence electrons. The van der Waals surface area contributed by atoms with Crippen LogP contribution in [0.5, 0.6) is 23.0 Å². The molecule has 1 atom stereocenters. The molecule has 0 radical (unpaired) electrons. The summed E-state index contributed by atoms with van der Waals surface area (Å²) in [4.78, 5) is 15.0. The number of ether oxygens (including phenoxy) is 4. The van der Waals surface area contributed by atoms with Crippen LogP contribution in [0.3, 0.4) is 0 Å². The Kier molecular flexibility index (Phi) is 3.62. The summed E-state index contributed by atoms with van der Waals surface area (Å²) < 4.78 is 22.7. The highest BCUT2D eigenvalue weighted by Gasteiger charge is 2.39. The Labute approximate surface area is 151 Å². The summed E-state index contributed by atoms with van der Waals surface area (Å²) in [5.41, 5.74) is 0.956. The molecule has 0 aromatic heterocycles. The molecule has 6 nitrogen and oxygen atoms in total. The minimum Gasteiger partial charge on any atom is -0.485 e. The number of amides is 1. The summed E-state index contributed by atoms with van der Waals surface area (Å²) in [6, 6.07) is 13.5. The van der Waals surface area contributed by atoms with E-state index in [0.29, 0.717) is 18.0 Å². The molecule has 2 heterocycles. The predicted octanol–water partition coefficient (Wildman–Crippen LogP) is 2.75. The van der Waals surface area contributed by atoms with Crippen molar-refractivity contribution in [3.8, 4) is 23.0 Å². The SMILES string of the molecule is O=C([C@@H]1COc2ccccc2O1)N(Cc1cccc2c1OCO2)C1CC1. The van der Waals surface area contributed by atoms with Gasteiger partial charge in [-0.15, -0.1) is 0 Å². The maximum atomic E-state index is 13.1. The molecule has 0 unspecified atom stereocenters. The average Bonchev–Trinajstić information content (AvgIpc) is 3.41. The first kappa shape index (κ1) is 15.4. The van der Waals surface area contributed by atoms with Crippen LogP contribution in [0, 0.1) is 0 Å².